The summed E-state index contributed by atoms with van der Waals surface area (Å²) in [6.07, 6.45) is 2.06. The standard InChI is InChI=1S/C28H44N2O10S3/c1-29(2,17-5-7-23-41(31,32)33)19-21-39-25-9-13-27(14-10-25)43(37,38)28-15-11-26(12-16-28)40-22-20-30(3,4)18-6-8-24-42(34,35)36/h9-16H,5-8,17-24H2,1-4H3/p+2. The highest BCUT2D eigenvalue weighted by molar-refractivity contribution is 7.91. The first kappa shape index (κ1) is 36.9. The van der Waals surface area contributed by atoms with E-state index < -0.39 is 30.1 Å². The van der Waals surface area contributed by atoms with Crippen molar-refractivity contribution >= 4 is 30.1 Å². The van der Waals surface area contributed by atoms with Crippen molar-refractivity contribution in [2.45, 2.75) is 35.5 Å². The summed E-state index contributed by atoms with van der Waals surface area (Å²) in [6.45, 7) is 3.55. The molecule has 0 aliphatic rings. The molecule has 0 radical (unpaired) electrons. The van der Waals surface area contributed by atoms with Crippen molar-refractivity contribution in [3.8, 4) is 11.5 Å². The van der Waals surface area contributed by atoms with E-state index in [2.05, 4.69) is 0 Å². The molecule has 0 aliphatic carbocycles. The summed E-state index contributed by atoms with van der Waals surface area (Å²) in [5, 5.41) is 0. The molecule has 43 heavy (non-hydrogen) atoms. The van der Waals surface area contributed by atoms with E-state index in [4.69, 9.17) is 18.6 Å². The first-order chi connectivity index (χ1) is 19.8. The molecule has 0 spiro atoms. The molecule has 2 N–H and O–H groups in total. The zero-order valence-corrected chi connectivity index (χ0v) is 27.8. The van der Waals surface area contributed by atoms with E-state index in [1.165, 1.54) is 24.3 Å². The second-order valence-electron chi connectivity index (χ2n) is 11.9. The summed E-state index contributed by atoms with van der Waals surface area (Å²) in [7, 11) is -3.62. The summed E-state index contributed by atoms with van der Waals surface area (Å²) in [6, 6.07) is 12.4. The van der Waals surface area contributed by atoms with Crippen LogP contribution >= 0.6 is 0 Å². The molecule has 0 saturated heterocycles. The van der Waals surface area contributed by atoms with Gasteiger partial charge in [0.1, 0.15) is 37.8 Å². The van der Waals surface area contributed by atoms with Crippen LogP contribution in [-0.2, 0) is 30.1 Å². The van der Waals surface area contributed by atoms with Gasteiger partial charge in [0.15, 0.2) is 0 Å². The fourth-order valence-electron chi connectivity index (χ4n) is 4.26. The van der Waals surface area contributed by atoms with Gasteiger partial charge >= 0.3 is 0 Å². The van der Waals surface area contributed by atoms with Gasteiger partial charge in [0, 0.05) is 0 Å². The van der Waals surface area contributed by atoms with Gasteiger partial charge in [-0.2, -0.15) is 16.8 Å². The predicted molar refractivity (Wildman–Crippen MR) is 164 cm³/mol. The summed E-state index contributed by atoms with van der Waals surface area (Å²) >= 11 is 0. The fraction of sp³-hybridized carbons (Fsp3) is 0.571. The predicted octanol–water partition coefficient (Wildman–Crippen LogP) is 2.77. The first-order valence-corrected chi connectivity index (χ1v) is 18.7. The number of quaternary nitrogens is 2. The Morgan fingerprint density at radius 1 is 0.535 bits per heavy atom. The van der Waals surface area contributed by atoms with E-state index in [9.17, 15) is 25.3 Å². The molecule has 2 aromatic rings. The molecule has 0 amide bonds. The first-order valence-electron chi connectivity index (χ1n) is 14.0. The highest BCUT2D eigenvalue weighted by Gasteiger charge is 2.20. The average Bonchev–Trinajstić information content (AvgIpc) is 2.89. The lowest BCUT2D eigenvalue weighted by atomic mass is 10.3. The molecular weight excluding hydrogens is 621 g/mol. The lowest BCUT2D eigenvalue weighted by Gasteiger charge is -2.29. The zero-order chi connectivity index (χ0) is 32.4. The fourth-order valence-corrected chi connectivity index (χ4v) is 6.66. The van der Waals surface area contributed by atoms with E-state index in [1.807, 2.05) is 28.2 Å². The largest absolute Gasteiger partial charge is 0.488 e. The normalized spacial score (nSPS) is 13.2. The molecule has 0 atom stereocenters. The van der Waals surface area contributed by atoms with E-state index in [1.54, 1.807) is 24.3 Å². The van der Waals surface area contributed by atoms with Crippen LogP contribution in [0.5, 0.6) is 11.5 Å². The molecule has 0 aromatic heterocycles. The van der Waals surface area contributed by atoms with E-state index in [0.717, 1.165) is 13.1 Å². The Labute approximate surface area is 256 Å². The topological polar surface area (TPSA) is 161 Å². The van der Waals surface area contributed by atoms with Gasteiger partial charge in [0.25, 0.3) is 20.2 Å². The molecule has 0 heterocycles. The van der Waals surface area contributed by atoms with Crippen LogP contribution < -0.4 is 9.47 Å². The molecule has 0 fully saturated rings. The number of benzene rings is 2. The minimum Gasteiger partial charge on any atom is -0.488 e. The lowest BCUT2D eigenvalue weighted by Crippen LogP contribution is -2.43. The van der Waals surface area contributed by atoms with Crippen molar-refractivity contribution in [3.63, 3.8) is 0 Å². The number of likely N-dealkylation sites (N-methyl/N-ethyl adjacent to an activating group) is 2. The molecule has 0 unspecified atom stereocenters. The van der Waals surface area contributed by atoms with Gasteiger partial charge in [-0.25, -0.2) is 8.42 Å². The van der Waals surface area contributed by atoms with Gasteiger partial charge in [-0.15, -0.1) is 0 Å². The monoisotopic (exact) mass is 666 g/mol. The smallest absolute Gasteiger partial charge is 0.264 e. The van der Waals surface area contributed by atoms with Crippen LogP contribution in [0.25, 0.3) is 0 Å². The lowest BCUT2D eigenvalue weighted by molar-refractivity contribution is -0.890. The summed E-state index contributed by atoms with van der Waals surface area (Å²) in [4.78, 5) is 0.271. The van der Waals surface area contributed by atoms with Crippen molar-refractivity contribution in [1.29, 1.82) is 0 Å². The van der Waals surface area contributed by atoms with Crippen LogP contribution in [0.1, 0.15) is 25.7 Å². The van der Waals surface area contributed by atoms with Crippen LogP contribution in [0.3, 0.4) is 0 Å². The third-order valence-corrected chi connectivity index (χ3v) is 10.4. The van der Waals surface area contributed by atoms with Crippen molar-refractivity contribution in [2.75, 3.05) is 79.1 Å². The molecular formula is C28H46N2O10S3+2. The molecule has 0 aliphatic heterocycles. The maximum absolute atomic E-state index is 13.1. The van der Waals surface area contributed by atoms with Crippen LogP contribution in [0.4, 0.5) is 0 Å². The van der Waals surface area contributed by atoms with Gasteiger partial charge in [0.05, 0.1) is 62.6 Å². The van der Waals surface area contributed by atoms with E-state index >= 15 is 0 Å². The zero-order valence-electron chi connectivity index (χ0n) is 25.4. The number of hydrogen-bond donors (Lipinski definition) is 2. The molecule has 0 bridgehead atoms. The highest BCUT2D eigenvalue weighted by Crippen LogP contribution is 2.25. The van der Waals surface area contributed by atoms with Gasteiger partial charge in [-0.1, -0.05) is 0 Å². The SMILES string of the molecule is C[N+](C)(CCCCS(=O)(=O)O)CCOc1ccc(S(=O)(=O)c2ccc(OCC[N+](C)(C)CCCCS(=O)(=O)O)cc2)cc1. The molecule has 2 aromatic carbocycles. The summed E-state index contributed by atoms with van der Waals surface area (Å²) < 4.78 is 100. The Bertz CT molecular complexity index is 1360. The second kappa shape index (κ2) is 15.6. The molecule has 15 heteroatoms. The number of hydrogen-bond acceptors (Lipinski definition) is 8. The molecule has 2 rings (SSSR count). The van der Waals surface area contributed by atoms with Crippen molar-refractivity contribution in [2.24, 2.45) is 0 Å². The number of rotatable bonds is 20. The number of nitrogens with zero attached hydrogens (tertiary/aromatic N) is 2. The third kappa shape index (κ3) is 14.8. The van der Waals surface area contributed by atoms with Crippen LogP contribution in [0.15, 0.2) is 58.3 Å². The summed E-state index contributed by atoms with van der Waals surface area (Å²) in [5.41, 5.74) is 0. The highest BCUT2D eigenvalue weighted by atomic mass is 32.2. The van der Waals surface area contributed by atoms with Gasteiger partial charge in [-0.3, -0.25) is 9.11 Å². The van der Waals surface area contributed by atoms with E-state index in [-0.39, 0.29) is 21.3 Å². The minimum atomic E-state index is -3.94. The van der Waals surface area contributed by atoms with Gasteiger partial charge in [0.2, 0.25) is 9.84 Å². The van der Waals surface area contributed by atoms with Crippen LogP contribution in [0.2, 0.25) is 0 Å². The third-order valence-electron chi connectivity index (χ3n) is 7.03. The van der Waals surface area contributed by atoms with Gasteiger partial charge in [-0.05, 0) is 74.2 Å². The van der Waals surface area contributed by atoms with Crippen molar-refractivity contribution < 1.29 is 52.8 Å². The number of unbranched alkanes of at least 4 members (excludes halogenated alkanes) is 2. The number of sulfone groups is 1. The molecule has 12 nitrogen and oxygen atoms in total. The quantitative estimate of drug-likeness (QED) is 0.122. The summed E-state index contributed by atoms with van der Waals surface area (Å²) in [5.74, 6) is 0.576. The van der Waals surface area contributed by atoms with Crippen LogP contribution in [-0.4, -0.2) is 122 Å². The molecule has 244 valence electrons. The Balaban J connectivity index is 1.82. The average molecular weight is 667 g/mol. The van der Waals surface area contributed by atoms with Gasteiger partial charge < -0.3 is 18.4 Å². The maximum atomic E-state index is 13.1. The molecule has 0 saturated carbocycles. The minimum absolute atomic E-state index is 0.136. The Kier molecular flexibility index (Phi) is 13.4. The van der Waals surface area contributed by atoms with Crippen molar-refractivity contribution in [1.82, 2.24) is 0 Å². The van der Waals surface area contributed by atoms with E-state index in [0.29, 0.717) is 72.5 Å². The van der Waals surface area contributed by atoms with Crippen molar-refractivity contribution in [3.05, 3.63) is 48.5 Å². The van der Waals surface area contributed by atoms with Crippen LogP contribution in [0, 0.1) is 0 Å². The number of ether oxygens (including phenoxy) is 2. The Hall–Kier alpha value is -2.27. The second-order valence-corrected chi connectivity index (χ2v) is 17.0. The Morgan fingerprint density at radius 2 is 0.860 bits per heavy atom. The maximum Gasteiger partial charge on any atom is 0.264 e. The Morgan fingerprint density at radius 3 is 1.16 bits per heavy atom.